The summed E-state index contributed by atoms with van der Waals surface area (Å²) < 4.78 is 0. The summed E-state index contributed by atoms with van der Waals surface area (Å²) >= 11 is 0. The molecule has 26 heavy (non-hydrogen) atoms. The molecule has 1 aliphatic heterocycles. The van der Waals surface area contributed by atoms with Gasteiger partial charge in [-0.15, -0.1) is 0 Å². The van der Waals surface area contributed by atoms with Crippen molar-refractivity contribution in [3.8, 4) is 6.07 Å². The lowest BCUT2D eigenvalue weighted by Crippen LogP contribution is -2.44. The third kappa shape index (κ3) is 3.48. The van der Waals surface area contributed by atoms with E-state index >= 15 is 0 Å². The van der Waals surface area contributed by atoms with E-state index in [1.54, 1.807) is 0 Å². The first-order valence-corrected chi connectivity index (χ1v) is 8.70. The first-order chi connectivity index (χ1) is 12.3. The topological polar surface area (TPSA) is 64.9 Å². The number of fused-ring (bicyclic) bond motifs is 1. The lowest BCUT2D eigenvalue weighted by Gasteiger charge is -2.36. The van der Waals surface area contributed by atoms with Crippen LogP contribution < -0.4 is 10.6 Å². The normalized spacial score (nSPS) is 16.7. The number of carbonyl (C=O) groups excluding carboxylic acids is 1. The van der Waals surface area contributed by atoms with E-state index in [0.717, 1.165) is 34.4 Å². The zero-order valence-electron chi connectivity index (χ0n) is 15.6. The van der Waals surface area contributed by atoms with Gasteiger partial charge in [0.05, 0.1) is 5.70 Å². The zero-order chi connectivity index (χ0) is 18.9. The van der Waals surface area contributed by atoms with Gasteiger partial charge in [0.2, 0.25) is 0 Å². The van der Waals surface area contributed by atoms with Crippen LogP contribution in [0.3, 0.4) is 0 Å². The molecule has 1 aliphatic rings. The van der Waals surface area contributed by atoms with Gasteiger partial charge in [0.25, 0.3) is 5.91 Å². The SMILES string of the molecule is Cc1ccc(NC(=O)C(C#N)=C2NC(C)(C)Cc3ccccc32)c(C)c1. The molecule has 2 N–H and O–H groups in total. The average molecular weight is 345 g/mol. The molecule has 3 rings (SSSR count). The second-order valence-corrected chi connectivity index (χ2v) is 7.48. The van der Waals surface area contributed by atoms with E-state index < -0.39 is 5.91 Å². The Hall–Kier alpha value is -3.06. The minimum Gasteiger partial charge on any atom is -0.378 e. The number of anilines is 1. The predicted molar refractivity (Wildman–Crippen MR) is 104 cm³/mol. The van der Waals surface area contributed by atoms with Crippen LogP contribution in [0.5, 0.6) is 0 Å². The van der Waals surface area contributed by atoms with Crippen molar-refractivity contribution in [1.82, 2.24) is 5.32 Å². The van der Waals surface area contributed by atoms with Gasteiger partial charge >= 0.3 is 0 Å². The van der Waals surface area contributed by atoms with Crippen molar-refractivity contribution < 1.29 is 4.79 Å². The minimum absolute atomic E-state index is 0.102. The third-order valence-electron chi connectivity index (χ3n) is 4.60. The maximum atomic E-state index is 12.9. The molecule has 0 bridgehead atoms. The average Bonchev–Trinajstić information content (AvgIpc) is 2.57. The summed E-state index contributed by atoms with van der Waals surface area (Å²) in [4.78, 5) is 12.9. The molecule has 4 heteroatoms. The molecule has 0 aromatic heterocycles. The van der Waals surface area contributed by atoms with Crippen LogP contribution in [0.25, 0.3) is 5.70 Å². The van der Waals surface area contributed by atoms with Gasteiger partial charge in [0.1, 0.15) is 11.6 Å². The monoisotopic (exact) mass is 345 g/mol. The maximum Gasteiger partial charge on any atom is 0.268 e. The van der Waals surface area contributed by atoms with Crippen molar-refractivity contribution in [1.29, 1.82) is 5.26 Å². The lowest BCUT2D eigenvalue weighted by atomic mass is 9.84. The predicted octanol–water partition coefficient (Wildman–Crippen LogP) is 4.10. The van der Waals surface area contributed by atoms with Crippen LogP contribution in [-0.2, 0) is 11.2 Å². The number of aryl methyl sites for hydroxylation is 2. The Bertz CT molecular complexity index is 948. The molecule has 0 atom stereocenters. The number of hydrogen-bond acceptors (Lipinski definition) is 3. The molecule has 0 spiro atoms. The van der Waals surface area contributed by atoms with Crippen LogP contribution in [0.15, 0.2) is 48.0 Å². The van der Waals surface area contributed by atoms with Crippen molar-refractivity contribution in [3.05, 3.63) is 70.3 Å². The number of rotatable bonds is 2. The Labute approximate surface area is 154 Å². The molecule has 2 aromatic rings. The highest BCUT2D eigenvalue weighted by molar-refractivity contribution is 6.12. The van der Waals surface area contributed by atoms with Gasteiger partial charge < -0.3 is 10.6 Å². The van der Waals surface area contributed by atoms with Crippen LogP contribution >= 0.6 is 0 Å². The quantitative estimate of drug-likeness (QED) is 0.636. The second kappa shape index (κ2) is 6.68. The van der Waals surface area contributed by atoms with E-state index in [1.807, 2.05) is 50.2 Å². The van der Waals surface area contributed by atoms with Crippen LogP contribution in [0.2, 0.25) is 0 Å². The Morgan fingerprint density at radius 3 is 2.62 bits per heavy atom. The van der Waals surface area contributed by atoms with Crippen molar-refractivity contribution in [2.24, 2.45) is 0 Å². The summed E-state index contributed by atoms with van der Waals surface area (Å²) in [7, 11) is 0. The molecular weight excluding hydrogens is 322 g/mol. The molecule has 0 saturated carbocycles. The van der Waals surface area contributed by atoms with Gasteiger partial charge in [-0.2, -0.15) is 5.26 Å². The first-order valence-electron chi connectivity index (χ1n) is 8.70. The smallest absolute Gasteiger partial charge is 0.268 e. The summed E-state index contributed by atoms with van der Waals surface area (Å²) in [6.07, 6.45) is 0.837. The summed E-state index contributed by atoms with van der Waals surface area (Å²) in [5.74, 6) is -0.394. The molecular formula is C22H23N3O. The number of nitriles is 1. The van der Waals surface area contributed by atoms with Crippen LogP contribution in [0.4, 0.5) is 5.69 Å². The van der Waals surface area contributed by atoms with Crippen molar-refractivity contribution in [3.63, 3.8) is 0 Å². The lowest BCUT2D eigenvalue weighted by molar-refractivity contribution is -0.112. The van der Waals surface area contributed by atoms with E-state index in [-0.39, 0.29) is 11.1 Å². The fraction of sp³-hybridized carbons (Fsp3) is 0.273. The van der Waals surface area contributed by atoms with E-state index in [9.17, 15) is 10.1 Å². The van der Waals surface area contributed by atoms with E-state index in [2.05, 4.69) is 36.6 Å². The Morgan fingerprint density at radius 1 is 1.19 bits per heavy atom. The van der Waals surface area contributed by atoms with E-state index in [0.29, 0.717) is 5.70 Å². The van der Waals surface area contributed by atoms with Crippen molar-refractivity contribution in [2.45, 2.75) is 39.7 Å². The van der Waals surface area contributed by atoms with Gasteiger partial charge in [-0.1, -0.05) is 42.0 Å². The van der Waals surface area contributed by atoms with Gasteiger partial charge in [-0.3, -0.25) is 4.79 Å². The molecule has 0 saturated heterocycles. The first kappa shape index (κ1) is 17.8. The summed E-state index contributed by atoms with van der Waals surface area (Å²) in [6, 6.07) is 15.8. The second-order valence-electron chi connectivity index (χ2n) is 7.48. The number of hydrogen-bond donors (Lipinski definition) is 2. The number of nitrogens with one attached hydrogen (secondary N) is 2. The Kier molecular flexibility index (Phi) is 4.56. The largest absolute Gasteiger partial charge is 0.378 e. The molecule has 0 radical (unpaired) electrons. The van der Waals surface area contributed by atoms with Gasteiger partial charge in [-0.05, 0) is 51.3 Å². The van der Waals surface area contributed by atoms with Crippen LogP contribution in [0.1, 0.15) is 36.1 Å². The molecule has 2 aromatic carbocycles. The Balaban J connectivity index is 2.04. The summed E-state index contributed by atoms with van der Waals surface area (Å²) in [5, 5.41) is 16.0. The van der Waals surface area contributed by atoms with E-state index in [4.69, 9.17) is 0 Å². The fourth-order valence-corrected chi connectivity index (χ4v) is 3.40. The molecule has 4 nitrogen and oxygen atoms in total. The zero-order valence-corrected chi connectivity index (χ0v) is 15.6. The molecule has 1 amide bonds. The molecule has 0 aliphatic carbocycles. The van der Waals surface area contributed by atoms with Gasteiger partial charge in [-0.25, -0.2) is 0 Å². The number of amides is 1. The standard InChI is InChI=1S/C22H23N3O/c1-14-9-10-19(15(2)11-14)24-21(26)18(13-23)20-17-8-6-5-7-16(17)12-22(3,4)25-20/h5-11,25H,12H2,1-4H3,(H,24,26). The van der Waals surface area contributed by atoms with Gasteiger partial charge in [0, 0.05) is 16.8 Å². The van der Waals surface area contributed by atoms with Crippen molar-refractivity contribution >= 4 is 17.3 Å². The summed E-state index contributed by atoms with van der Waals surface area (Å²) in [6.45, 7) is 8.09. The highest BCUT2D eigenvalue weighted by Crippen LogP contribution is 2.31. The third-order valence-corrected chi connectivity index (χ3v) is 4.60. The summed E-state index contributed by atoms with van der Waals surface area (Å²) in [5.41, 5.74) is 5.34. The molecule has 1 heterocycles. The highest BCUT2D eigenvalue weighted by Gasteiger charge is 2.31. The van der Waals surface area contributed by atoms with Crippen LogP contribution in [0, 0.1) is 25.2 Å². The number of benzene rings is 2. The van der Waals surface area contributed by atoms with Gasteiger partial charge in [0.15, 0.2) is 0 Å². The molecule has 0 unspecified atom stereocenters. The number of nitrogens with zero attached hydrogens (tertiary/aromatic N) is 1. The van der Waals surface area contributed by atoms with Crippen molar-refractivity contribution in [2.75, 3.05) is 5.32 Å². The minimum atomic E-state index is -0.394. The maximum absolute atomic E-state index is 12.9. The van der Waals surface area contributed by atoms with E-state index in [1.165, 1.54) is 0 Å². The molecule has 0 fully saturated rings. The number of carbonyl (C=O) groups is 1. The molecule has 132 valence electrons. The van der Waals surface area contributed by atoms with Crippen LogP contribution in [-0.4, -0.2) is 11.4 Å². The Morgan fingerprint density at radius 2 is 1.92 bits per heavy atom. The fourth-order valence-electron chi connectivity index (χ4n) is 3.40. The highest BCUT2D eigenvalue weighted by atomic mass is 16.1.